The molecule has 0 aliphatic rings. The van der Waals surface area contributed by atoms with Crippen molar-refractivity contribution in [2.45, 2.75) is 13.0 Å². The highest BCUT2D eigenvalue weighted by Gasteiger charge is 2.15. The summed E-state index contributed by atoms with van der Waals surface area (Å²) in [6.07, 6.45) is 3.26. The molecule has 17 heavy (non-hydrogen) atoms. The Hall–Kier alpha value is -1.95. The Morgan fingerprint density at radius 1 is 1.35 bits per heavy atom. The molecule has 1 aromatic rings. The molecular formula is C11H16N4O2. The maximum atomic E-state index is 11.5. The molecule has 1 unspecified atom stereocenters. The molecule has 0 spiro atoms. The van der Waals surface area contributed by atoms with Gasteiger partial charge in [0, 0.05) is 25.5 Å². The van der Waals surface area contributed by atoms with Crippen molar-refractivity contribution in [3.05, 3.63) is 30.1 Å². The van der Waals surface area contributed by atoms with Gasteiger partial charge in [0.2, 0.25) is 0 Å². The summed E-state index contributed by atoms with van der Waals surface area (Å²) in [5.74, 6) is -1.33. The second-order valence-electron chi connectivity index (χ2n) is 3.52. The molecule has 0 aliphatic heterocycles. The Morgan fingerprint density at radius 3 is 2.59 bits per heavy atom. The summed E-state index contributed by atoms with van der Waals surface area (Å²) >= 11 is 0. The molecule has 0 bridgehead atoms. The van der Waals surface area contributed by atoms with Gasteiger partial charge in [0.15, 0.2) is 0 Å². The Morgan fingerprint density at radius 2 is 2.00 bits per heavy atom. The number of nitrogens with one attached hydrogen (secondary N) is 2. The van der Waals surface area contributed by atoms with Crippen LogP contribution >= 0.6 is 0 Å². The van der Waals surface area contributed by atoms with Crippen LogP contribution in [0.1, 0.15) is 18.5 Å². The van der Waals surface area contributed by atoms with Crippen molar-refractivity contribution in [2.75, 3.05) is 13.1 Å². The fourth-order valence-corrected chi connectivity index (χ4v) is 1.26. The minimum atomic E-state index is -0.670. The van der Waals surface area contributed by atoms with Gasteiger partial charge in [-0.05, 0) is 24.6 Å². The van der Waals surface area contributed by atoms with E-state index >= 15 is 0 Å². The van der Waals surface area contributed by atoms with Crippen molar-refractivity contribution in [3.63, 3.8) is 0 Å². The van der Waals surface area contributed by atoms with E-state index in [1.165, 1.54) is 0 Å². The molecule has 0 aliphatic carbocycles. The first-order valence-corrected chi connectivity index (χ1v) is 5.34. The number of aromatic nitrogens is 1. The van der Waals surface area contributed by atoms with Crippen LogP contribution in [0.25, 0.3) is 0 Å². The topological polar surface area (TPSA) is 97.1 Å². The lowest BCUT2D eigenvalue weighted by Gasteiger charge is -2.13. The lowest BCUT2D eigenvalue weighted by atomic mass is 10.1. The van der Waals surface area contributed by atoms with Crippen molar-refractivity contribution >= 4 is 11.8 Å². The highest BCUT2D eigenvalue weighted by atomic mass is 16.2. The fourth-order valence-electron chi connectivity index (χ4n) is 1.26. The van der Waals surface area contributed by atoms with Gasteiger partial charge in [0.05, 0.1) is 6.04 Å². The minimum absolute atomic E-state index is 0.242. The zero-order valence-electron chi connectivity index (χ0n) is 9.64. The van der Waals surface area contributed by atoms with Crippen LogP contribution in [-0.4, -0.2) is 29.9 Å². The molecule has 0 saturated heterocycles. The van der Waals surface area contributed by atoms with E-state index in [1.54, 1.807) is 31.5 Å². The summed E-state index contributed by atoms with van der Waals surface area (Å²) < 4.78 is 0. The number of nitrogens with zero attached hydrogens (tertiary/aromatic N) is 1. The number of amides is 2. The lowest BCUT2D eigenvalue weighted by molar-refractivity contribution is -0.139. The molecule has 1 rings (SSSR count). The second kappa shape index (κ2) is 6.59. The Bertz CT molecular complexity index is 380. The third-order valence-corrected chi connectivity index (χ3v) is 2.19. The number of hydrogen-bond acceptors (Lipinski definition) is 4. The molecule has 0 aromatic carbocycles. The zero-order valence-corrected chi connectivity index (χ0v) is 9.64. The van der Waals surface area contributed by atoms with Gasteiger partial charge in [-0.2, -0.15) is 0 Å². The lowest BCUT2D eigenvalue weighted by Crippen LogP contribution is -2.42. The average Bonchev–Trinajstić information content (AvgIpc) is 2.36. The van der Waals surface area contributed by atoms with Gasteiger partial charge in [0.1, 0.15) is 0 Å². The molecule has 6 heteroatoms. The SMILES string of the molecule is CC(NC(=O)C(=O)NCCN)c1ccncc1. The number of pyridine rings is 1. The highest BCUT2D eigenvalue weighted by molar-refractivity contribution is 6.35. The van der Waals surface area contributed by atoms with Crippen LogP contribution in [0.5, 0.6) is 0 Å². The number of hydrogen-bond donors (Lipinski definition) is 3. The molecule has 92 valence electrons. The molecule has 0 radical (unpaired) electrons. The minimum Gasteiger partial charge on any atom is -0.347 e. The van der Waals surface area contributed by atoms with Gasteiger partial charge >= 0.3 is 11.8 Å². The van der Waals surface area contributed by atoms with Gasteiger partial charge in [-0.3, -0.25) is 14.6 Å². The van der Waals surface area contributed by atoms with Gasteiger partial charge in [-0.1, -0.05) is 0 Å². The van der Waals surface area contributed by atoms with Crippen molar-refractivity contribution in [1.82, 2.24) is 15.6 Å². The van der Waals surface area contributed by atoms with Crippen molar-refractivity contribution in [1.29, 1.82) is 0 Å². The molecule has 2 amide bonds. The Labute approximate surface area is 99.6 Å². The molecular weight excluding hydrogens is 220 g/mol. The van der Waals surface area contributed by atoms with Crippen molar-refractivity contribution in [2.24, 2.45) is 5.73 Å². The van der Waals surface area contributed by atoms with E-state index in [1.807, 2.05) is 0 Å². The quantitative estimate of drug-likeness (QED) is 0.604. The maximum absolute atomic E-state index is 11.5. The Kier molecular flexibility index (Phi) is 5.09. The summed E-state index contributed by atoms with van der Waals surface area (Å²) in [6, 6.07) is 3.32. The van der Waals surface area contributed by atoms with E-state index in [0.29, 0.717) is 6.54 Å². The van der Waals surface area contributed by atoms with Crippen LogP contribution in [0.4, 0.5) is 0 Å². The van der Waals surface area contributed by atoms with Gasteiger partial charge in [-0.15, -0.1) is 0 Å². The van der Waals surface area contributed by atoms with Crippen LogP contribution in [0.15, 0.2) is 24.5 Å². The van der Waals surface area contributed by atoms with Crippen LogP contribution in [0.2, 0.25) is 0 Å². The predicted octanol–water partition coefficient (Wildman–Crippen LogP) is -0.666. The fraction of sp³-hybridized carbons (Fsp3) is 0.364. The summed E-state index contributed by atoms with van der Waals surface area (Å²) in [5, 5.41) is 4.99. The van der Waals surface area contributed by atoms with Crippen LogP contribution in [-0.2, 0) is 9.59 Å². The van der Waals surface area contributed by atoms with Gasteiger partial charge in [-0.25, -0.2) is 0 Å². The van der Waals surface area contributed by atoms with E-state index in [9.17, 15) is 9.59 Å². The highest BCUT2D eigenvalue weighted by Crippen LogP contribution is 2.09. The largest absolute Gasteiger partial charge is 0.347 e. The Balaban J connectivity index is 2.49. The average molecular weight is 236 g/mol. The molecule has 6 nitrogen and oxygen atoms in total. The first kappa shape index (κ1) is 13.1. The van der Waals surface area contributed by atoms with E-state index in [4.69, 9.17) is 5.73 Å². The molecule has 1 aromatic heterocycles. The maximum Gasteiger partial charge on any atom is 0.309 e. The smallest absolute Gasteiger partial charge is 0.309 e. The van der Waals surface area contributed by atoms with Crippen LogP contribution < -0.4 is 16.4 Å². The number of nitrogens with two attached hydrogens (primary N) is 1. The van der Waals surface area contributed by atoms with Gasteiger partial charge in [0.25, 0.3) is 0 Å². The monoisotopic (exact) mass is 236 g/mol. The third kappa shape index (κ3) is 4.20. The molecule has 1 heterocycles. The number of carbonyl (C=O) groups is 2. The van der Waals surface area contributed by atoms with Crippen molar-refractivity contribution < 1.29 is 9.59 Å². The van der Waals surface area contributed by atoms with Crippen LogP contribution in [0.3, 0.4) is 0 Å². The predicted molar refractivity (Wildman–Crippen MR) is 62.9 cm³/mol. The zero-order chi connectivity index (χ0) is 12.7. The molecule has 1 atom stereocenters. The first-order valence-electron chi connectivity index (χ1n) is 5.34. The standard InChI is InChI=1S/C11H16N4O2/c1-8(9-2-5-13-6-3-9)15-11(17)10(16)14-7-4-12/h2-3,5-6,8H,4,7,12H2,1H3,(H,14,16)(H,15,17). The molecule has 0 saturated carbocycles. The van der Waals surface area contributed by atoms with E-state index in [0.717, 1.165) is 5.56 Å². The van der Waals surface area contributed by atoms with Crippen molar-refractivity contribution in [3.8, 4) is 0 Å². The van der Waals surface area contributed by atoms with E-state index < -0.39 is 11.8 Å². The van der Waals surface area contributed by atoms with E-state index in [-0.39, 0.29) is 12.6 Å². The number of rotatable bonds is 4. The van der Waals surface area contributed by atoms with E-state index in [2.05, 4.69) is 15.6 Å². The summed E-state index contributed by atoms with van der Waals surface area (Å²) in [5.41, 5.74) is 6.10. The van der Waals surface area contributed by atoms with Gasteiger partial charge < -0.3 is 16.4 Å². The second-order valence-corrected chi connectivity index (χ2v) is 3.52. The van der Waals surface area contributed by atoms with Crippen LogP contribution in [0, 0.1) is 0 Å². The summed E-state index contributed by atoms with van der Waals surface area (Å²) in [6.45, 7) is 2.39. The summed E-state index contributed by atoms with van der Waals surface area (Å²) in [4.78, 5) is 26.6. The number of carbonyl (C=O) groups excluding carboxylic acids is 2. The first-order chi connectivity index (χ1) is 8.15. The summed E-state index contributed by atoms with van der Waals surface area (Å²) in [7, 11) is 0. The third-order valence-electron chi connectivity index (χ3n) is 2.19. The normalized spacial score (nSPS) is 11.6. The molecule has 0 fully saturated rings. The molecule has 4 N–H and O–H groups in total.